The third-order valence-corrected chi connectivity index (χ3v) is 7.29. The van der Waals surface area contributed by atoms with Crippen molar-refractivity contribution in [3.8, 4) is 0 Å². The van der Waals surface area contributed by atoms with Crippen LogP contribution in [0.1, 0.15) is 27.8 Å². The number of hydrogen-bond donors (Lipinski definition) is 1. The molecule has 174 valence electrons. The van der Waals surface area contributed by atoms with Gasteiger partial charge in [-0.1, -0.05) is 23.7 Å². The second kappa shape index (κ2) is 9.08. The fourth-order valence-electron chi connectivity index (χ4n) is 4.62. The van der Waals surface area contributed by atoms with Crippen LogP contribution in [0.3, 0.4) is 0 Å². The van der Waals surface area contributed by atoms with Gasteiger partial charge in [-0.25, -0.2) is 4.39 Å². The number of nitrogens with one attached hydrogen (secondary N) is 1. The molecule has 4 nitrogen and oxygen atoms in total. The van der Waals surface area contributed by atoms with Crippen molar-refractivity contribution in [2.24, 2.45) is 0 Å². The molecule has 0 saturated heterocycles. The molecular weight excluding hydrogens is 519 g/mol. The molecule has 3 aromatic carbocycles. The molecular formula is C27H23BrClFN2O2. The lowest BCUT2D eigenvalue weighted by Gasteiger charge is -2.20. The summed E-state index contributed by atoms with van der Waals surface area (Å²) in [4.78, 5) is 15.5. The summed E-state index contributed by atoms with van der Waals surface area (Å²) in [7, 11) is 0. The zero-order valence-electron chi connectivity index (χ0n) is 18.8. The molecule has 1 N–H and O–H groups in total. The zero-order valence-corrected chi connectivity index (χ0v) is 21.2. The molecule has 0 atom stereocenters. The van der Waals surface area contributed by atoms with Gasteiger partial charge in [-0.2, -0.15) is 0 Å². The number of benzene rings is 3. The van der Waals surface area contributed by atoms with Crippen LogP contribution in [-0.2, 0) is 19.5 Å². The molecule has 0 spiro atoms. The Morgan fingerprint density at radius 1 is 1.09 bits per heavy atom. The van der Waals surface area contributed by atoms with Gasteiger partial charge in [0.25, 0.3) is 0 Å². The number of rotatable bonds is 5. The first-order valence-corrected chi connectivity index (χ1v) is 12.3. The van der Waals surface area contributed by atoms with Gasteiger partial charge in [0.05, 0.1) is 10.9 Å². The first-order valence-electron chi connectivity index (χ1n) is 11.1. The largest absolute Gasteiger partial charge is 0.440 e. The maximum absolute atomic E-state index is 13.7. The van der Waals surface area contributed by atoms with E-state index in [1.165, 1.54) is 6.07 Å². The molecule has 1 aliphatic rings. The van der Waals surface area contributed by atoms with E-state index in [1.807, 2.05) is 42.2 Å². The molecule has 0 radical (unpaired) electrons. The maximum Gasteiger partial charge on any atom is 0.203 e. The summed E-state index contributed by atoms with van der Waals surface area (Å²) in [5.41, 5.74) is 6.06. The Kier molecular flexibility index (Phi) is 6.13. The molecule has 4 aromatic rings. The first-order chi connectivity index (χ1) is 16.3. The van der Waals surface area contributed by atoms with Crippen molar-refractivity contribution in [2.75, 3.05) is 16.8 Å². The summed E-state index contributed by atoms with van der Waals surface area (Å²) in [5.74, 6) is 0.295. The molecule has 7 heteroatoms. The average Bonchev–Trinajstić information content (AvgIpc) is 3.22. The summed E-state index contributed by atoms with van der Waals surface area (Å²) >= 11 is 9.56. The quantitative estimate of drug-likeness (QED) is 0.292. The van der Waals surface area contributed by atoms with Gasteiger partial charge in [0, 0.05) is 34.8 Å². The lowest BCUT2D eigenvalue weighted by molar-refractivity contribution is 0.570. The van der Waals surface area contributed by atoms with E-state index >= 15 is 0 Å². The summed E-state index contributed by atoms with van der Waals surface area (Å²) in [5, 5.41) is 4.70. The van der Waals surface area contributed by atoms with Crippen LogP contribution >= 0.6 is 27.5 Å². The Bertz CT molecular complexity index is 1480. The lowest BCUT2D eigenvalue weighted by Crippen LogP contribution is -2.20. The van der Waals surface area contributed by atoms with Crippen LogP contribution < -0.4 is 15.6 Å². The number of nitrogens with zero attached hydrogens (tertiary/aromatic N) is 1. The van der Waals surface area contributed by atoms with Crippen LogP contribution in [0.15, 0.2) is 62.2 Å². The SMILES string of the molecule is Cc1ccc2oc(N3Cc4ccc(F)cc4C3)c(C)c(=O)c2c1CCNc1ccc(Cl)cc1Br. The normalized spacial score (nSPS) is 12.9. The van der Waals surface area contributed by atoms with Gasteiger partial charge in [-0.05, 0) is 94.9 Å². The number of hydrogen-bond acceptors (Lipinski definition) is 4. The minimum absolute atomic E-state index is 0.0234. The van der Waals surface area contributed by atoms with E-state index in [1.54, 1.807) is 19.1 Å². The molecule has 0 fully saturated rings. The fourth-order valence-corrected chi connectivity index (χ4v) is 5.44. The molecule has 0 unspecified atom stereocenters. The smallest absolute Gasteiger partial charge is 0.203 e. The summed E-state index contributed by atoms with van der Waals surface area (Å²) < 4.78 is 20.9. The van der Waals surface area contributed by atoms with Gasteiger partial charge in [0.1, 0.15) is 11.4 Å². The highest BCUT2D eigenvalue weighted by atomic mass is 79.9. The molecule has 1 aromatic heterocycles. The van der Waals surface area contributed by atoms with Gasteiger partial charge < -0.3 is 14.6 Å². The Hall–Kier alpha value is -2.83. The van der Waals surface area contributed by atoms with Crippen LogP contribution in [0.2, 0.25) is 5.02 Å². The Balaban J connectivity index is 1.46. The monoisotopic (exact) mass is 540 g/mol. The van der Waals surface area contributed by atoms with E-state index in [4.69, 9.17) is 16.0 Å². The van der Waals surface area contributed by atoms with Gasteiger partial charge in [-0.15, -0.1) is 0 Å². The Morgan fingerprint density at radius 3 is 2.68 bits per heavy atom. The molecule has 0 amide bonds. The highest BCUT2D eigenvalue weighted by molar-refractivity contribution is 9.10. The molecule has 34 heavy (non-hydrogen) atoms. The van der Waals surface area contributed by atoms with E-state index in [2.05, 4.69) is 21.2 Å². The predicted octanol–water partition coefficient (Wildman–Crippen LogP) is 7.14. The number of anilines is 2. The Morgan fingerprint density at radius 2 is 1.88 bits per heavy atom. The standard InChI is InChI=1S/C27H23BrClFN2O2/c1-15-3-8-24-25(21(15)9-10-31-23-7-5-19(29)12-22(23)28)26(33)16(2)27(34-24)32-13-17-4-6-20(30)11-18(17)14-32/h3-8,11-12,31H,9-10,13-14H2,1-2H3. The predicted molar refractivity (Wildman–Crippen MR) is 140 cm³/mol. The van der Waals surface area contributed by atoms with Crippen LogP contribution in [-0.4, -0.2) is 6.54 Å². The molecule has 0 saturated carbocycles. The fraction of sp³-hybridized carbons (Fsp3) is 0.222. The lowest BCUT2D eigenvalue weighted by atomic mass is 9.99. The third-order valence-electron chi connectivity index (χ3n) is 6.40. The average molecular weight is 542 g/mol. The zero-order chi connectivity index (χ0) is 24.0. The molecule has 5 rings (SSSR count). The minimum atomic E-state index is -0.253. The van der Waals surface area contributed by atoms with Gasteiger partial charge >= 0.3 is 0 Å². The van der Waals surface area contributed by atoms with E-state index in [0.29, 0.717) is 53.5 Å². The molecule has 0 aliphatic carbocycles. The van der Waals surface area contributed by atoms with Crippen molar-refractivity contribution < 1.29 is 8.81 Å². The van der Waals surface area contributed by atoms with Crippen molar-refractivity contribution in [3.63, 3.8) is 0 Å². The van der Waals surface area contributed by atoms with E-state index in [-0.39, 0.29) is 11.2 Å². The summed E-state index contributed by atoms with van der Waals surface area (Å²) in [6.45, 7) is 5.57. The number of halogens is 3. The van der Waals surface area contributed by atoms with Gasteiger partial charge in [0.2, 0.25) is 5.88 Å². The molecule has 1 aliphatic heterocycles. The van der Waals surface area contributed by atoms with Crippen LogP contribution in [0, 0.1) is 19.7 Å². The minimum Gasteiger partial charge on any atom is -0.440 e. The molecule has 0 bridgehead atoms. The van der Waals surface area contributed by atoms with Gasteiger partial charge in [-0.3, -0.25) is 4.79 Å². The van der Waals surface area contributed by atoms with Crippen LogP contribution in [0.4, 0.5) is 16.0 Å². The topological polar surface area (TPSA) is 45.5 Å². The van der Waals surface area contributed by atoms with Crippen molar-refractivity contribution in [2.45, 2.75) is 33.4 Å². The Labute approximate surface area is 210 Å². The third kappa shape index (κ3) is 4.21. The highest BCUT2D eigenvalue weighted by Gasteiger charge is 2.25. The van der Waals surface area contributed by atoms with Crippen molar-refractivity contribution in [3.05, 3.63) is 102 Å². The van der Waals surface area contributed by atoms with E-state index in [0.717, 1.165) is 32.4 Å². The van der Waals surface area contributed by atoms with E-state index < -0.39 is 0 Å². The summed E-state index contributed by atoms with van der Waals surface area (Å²) in [6.07, 6.45) is 0.663. The van der Waals surface area contributed by atoms with Crippen molar-refractivity contribution in [1.29, 1.82) is 0 Å². The van der Waals surface area contributed by atoms with Crippen molar-refractivity contribution in [1.82, 2.24) is 0 Å². The summed E-state index contributed by atoms with van der Waals surface area (Å²) in [6, 6.07) is 14.3. The second-order valence-corrected chi connectivity index (χ2v) is 9.96. The first kappa shape index (κ1) is 22.9. The highest BCUT2D eigenvalue weighted by Crippen LogP contribution is 2.33. The number of fused-ring (bicyclic) bond motifs is 2. The van der Waals surface area contributed by atoms with Crippen LogP contribution in [0.25, 0.3) is 11.0 Å². The van der Waals surface area contributed by atoms with Crippen LogP contribution in [0.5, 0.6) is 0 Å². The van der Waals surface area contributed by atoms with E-state index in [9.17, 15) is 9.18 Å². The number of aryl methyl sites for hydroxylation is 1. The second-order valence-electron chi connectivity index (χ2n) is 8.67. The maximum atomic E-state index is 13.7. The van der Waals surface area contributed by atoms with Gasteiger partial charge in [0.15, 0.2) is 5.43 Å². The molecule has 2 heterocycles. The van der Waals surface area contributed by atoms with Crippen molar-refractivity contribution >= 4 is 50.1 Å².